The number of carbonyl (C=O) groups excluding carboxylic acids is 3. The van der Waals surface area contributed by atoms with E-state index in [-0.39, 0.29) is 52.8 Å². The van der Waals surface area contributed by atoms with Crippen molar-refractivity contribution in [1.82, 2.24) is 0 Å². The van der Waals surface area contributed by atoms with Gasteiger partial charge in [0.05, 0.1) is 13.0 Å². The molecule has 0 aromatic rings. The second kappa shape index (κ2) is 8.88. The van der Waals surface area contributed by atoms with Crippen molar-refractivity contribution in [2.24, 2.45) is 46.3 Å². The molecule has 0 radical (unpaired) electrons. The normalized spacial score (nSPS) is 45.1. The van der Waals surface area contributed by atoms with Gasteiger partial charge in [0.25, 0.3) is 0 Å². The van der Waals surface area contributed by atoms with Crippen LogP contribution in [0.1, 0.15) is 86.0 Å². The average Bonchev–Trinajstić information content (AvgIpc) is 3.11. The lowest BCUT2D eigenvalue weighted by atomic mass is 9.43. The third-order valence-corrected chi connectivity index (χ3v) is 10.6. The Labute approximate surface area is 198 Å². The molecular formula is C27H42O6. The van der Waals surface area contributed by atoms with Gasteiger partial charge in [-0.3, -0.25) is 14.4 Å². The summed E-state index contributed by atoms with van der Waals surface area (Å²) < 4.78 is 16.8. The van der Waals surface area contributed by atoms with Crippen molar-refractivity contribution in [3.63, 3.8) is 0 Å². The lowest BCUT2D eigenvalue weighted by molar-refractivity contribution is -0.198. The van der Waals surface area contributed by atoms with Gasteiger partial charge in [-0.25, -0.2) is 0 Å². The van der Waals surface area contributed by atoms with E-state index in [2.05, 4.69) is 13.8 Å². The van der Waals surface area contributed by atoms with Crippen LogP contribution < -0.4 is 0 Å². The van der Waals surface area contributed by atoms with Crippen LogP contribution in [0.2, 0.25) is 0 Å². The van der Waals surface area contributed by atoms with E-state index in [4.69, 9.17) is 14.2 Å². The largest absolute Gasteiger partial charge is 0.469 e. The van der Waals surface area contributed by atoms with E-state index in [1.165, 1.54) is 27.4 Å². The van der Waals surface area contributed by atoms with Gasteiger partial charge in [-0.05, 0) is 86.4 Å². The third kappa shape index (κ3) is 3.99. The monoisotopic (exact) mass is 462 g/mol. The molecule has 4 rings (SSSR count). The number of esters is 3. The molecule has 4 fully saturated rings. The SMILES string of the molecule is COC(=O)[C@@H](C)[C@H]1CC[C@H]2[C@@H]3CC[C@H]4C[C@H](OC(C)=O)CC[C@]4(C)[C@H]3C[C@@H](OC(C)=O)[C@]12C. The Bertz CT molecular complexity index is 793. The number of fused-ring (bicyclic) bond motifs is 5. The minimum atomic E-state index is -0.231. The Balaban J connectivity index is 1.64. The molecule has 0 unspecified atom stereocenters. The molecule has 0 bridgehead atoms. The van der Waals surface area contributed by atoms with Crippen LogP contribution >= 0.6 is 0 Å². The van der Waals surface area contributed by atoms with Crippen molar-refractivity contribution in [2.75, 3.05) is 7.11 Å². The highest BCUT2D eigenvalue weighted by molar-refractivity contribution is 5.72. The number of hydrogen-bond donors (Lipinski definition) is 0. The van der Waals surface area contributed by atoms with E-state index < -0.39 is 0 Å². The molecule has 4 aliphatic carbocycles. The summed E-state index contributed by atoms with van der Waals surface area (Å²) in [6.07, 6.45) is 8.03. The molecule has 6 nitrogen and oxygen atoms in total. The molecule has 6 heteroatoms. The molecule has 0 amide bonds. The van der Waals surface area contributed by atoms with E-state index in [0.717, 1.165) is 44.9 Å². The Kier molecular flexibility index (Phi) is 6.60. The summed E-state index contributed by atoms with van der Waals surface area (Å²) in [4.78, 5) is 36.3. The van der Waals surface area contributed by atoms with Gasteiger partial charge in [0.2, 0.25) is 0 Å². The van der Waals surface area contributed by atoms with Crippen LogP contribution in [0.3, 0.4) is 0 Å². The summed E-state index contributed by atoms with van der Waals surface area (Å²) in [6, 6.07) is 0. The molecule has 10 atom stereocenters. The molecule has 0 aromatic heterocycles. The second-order valence-electron chi connectivity index (χ2n) is 11.9. The third-order valence-electron chi connectivity index (χ3n) is 10.6. The first-order valence-corrected chi connectivity index (χ1v) is 12.9. The number of ether oxygens (including phenoxy) is 3. The molecule has 0 aliphatic heterocycles. The molecule has 0 aromatic carbocycles. The van der Waals surface area contributed by atoms with Gasteiger partial charge in [0.1, 0.15) is 12.2 Å². The maximum atomic E-state index is 12.5. The predicted molar refractivity (Wildman–Crippen MR) is 123 cm³/mol. The zero-order valence-electron chi connectivity index (χ0n) is 21.2. The Morgan fingerprint density at radius 1 is 0.879 bits per heavy atom. The maximum Gasteiger partial charge on any atom is 0.308 e. The predicted octanol–water partition coefficient (Wildman–Crippen LogP) is 4.93. The van der Waals surface area contributed by atoms with Crippen molar-refractivity contribution in [1.29, 1.82) is 0 Å². The Morgan fingerprint density at radius 2 is 1.58 bits per heavy atom. The number of rotatable bonds is 4. The fourth-order valence-corrected chi connectivity index (χ4v) is 9.08. The molecule has 4 aliphatic rings. The van der Waals surface area contributed by atoms with Crippen LogP contribution in [-0.2, 0) is 28.6 Å². The van der Waals surface area contributed by atoms with Gasteiger partial charge < -0.3 is 14.2 Å². The van der Waals surface area contributed by atoms with Crippen molar-refractivity contribution < 1.29 is 28.6 Å². The minimum Gasteiger partial charge on any atom is -0.469 e. The molecule has 0 heterocycles. The first-order chi connectivity index (χ1) is 15.5. The Morgan fingerprint density at radius 3 is 2.21 bits per heavy atom. The van der Waals surface area contributed by atoms with Crippen LogP contribution in [0.4, 0.5) is 0 Å². The molecule has 33 heavy (non-hydrogen) atoms. The summed E-state index contributed by atoms with van der Waals surface area (Å²) in [6.45, 7) is 9.71. The zero-order valence-corrected chi connectivity index (χ0v) is 21.2. The highest BCUT2D eigenvalue weighted by atomic mass is 16.5. The van der Waals surface area contributed by atoms with E-state index in [0.29, 0.717) is 23.7 Å². The van der Waals surface area contributed by atoms with Gasteiger partial charge in [0.15, 0.2) is 0 Å². The van der Waals surface area contributed by atoms with E-state index >= 15 is 0 Å². The van der Waals surface area contributed by atoms with Gasteiger partial charge in [-0.1, -0.05) is 20.8 Å². The fraction of sp³-hybridized carbons (Fsp3) is 0.889. The first-order valence-electron chi connectivity index (χ1n) is 12.9. The molecule has 0 N–H and O–H groups in total. The summed E-state index contributed by atoms with van der Waals surface area (Å²) >= 11 is 0. The van der Waals surface area contributed by atoms with Crippen LogP contribution in [0.25, 0.3) is 0 Å². The van der Waals surface area contributed by atoms with Crippen LogP contribution in [0, 0.1) is 46.3 Å². The van der Waals surface area contributed by atoms with Crippen molar-refractivity contribution in [3.05, 3.63) is 0 Å². The van der Waals surface area contributed by atoms with Crippen LogP contribution in [-0.4, -0.2) is 37.2 Å². The van der Waals surface area contributed by atoms with Crippen LogP contribution in [0.15, 0.2) is 0 Å². The number of hydrogen-bond acceptors (Lipinski definition) is 6. The standard InChI is InChI=1S/C27H42O6/c1-15(25(30)31-6)21-9-10-22-20-8-7-18-13-19(32-16(2)28)11-12-26(18,4)23(20)14-24(27(21,22)5)33-17(3)29/h15,18-24H,7-14H2,1-6H3/t15-,18-,19+,20-,21+,22-,23-,24+,26-,27+/m0/s1. The van der Waals surface area contributed by atoms with Crippen molar-refractivity contribution in [2.45, 2.75) is 98.2 Å². The van der Waals surface area contributed by atoms with E-state index in [9.17, 15) is 14.4 Å². The van der Waals surface area contributed by atoms with Crippen molar-refractivity contribution >= 4 is 17.9 Å². The fourth-order valence-electron chi connectivity index (χ4n) is 9.08. The summed E-state index contributed by atoms with van der Waals surface area (Å²) in [7, 11) is 1.46. The lowest BCUT2D eigenvalue weighted by Crippen LogP contribution is -2.60. The maximum absolute atomic E-state index is 12.5. The molecule has 4 saturated carbocycles. The van der Waals surface area contributed by atoms with Crippen molar-refractivity contribution in [3.8, 4) is 0 Å². The average molecular weight is 463 g/mol. The smallest absolute Gasteiger partial charge is 0.308 e. The molecule has 0 spiro atoms. The highest BCUT2D eigenvalue weighted by Gasteiger charge is 2.65. The summed E-state index contributed by atoms with van der Waals surface area (Å²) in [5, 5.41) is 0. The second-order valence-corrected chi connectivity index (χ2v) is 11.9. The van der Waals surface area contributed by atoms with Gasteiger partial charge in [0, 0.05) is 19.3 Å². The first kappa shape index (κ1) is 24.5. The van der Waals surface area contributed by atoms with Crippen LogP contribution in [0.5, 0.6) is 0 Å². The topological polar surface area (TPSA) is 78.9 Å². The van der Waals surface area contributed by atoms with Gasteiger partial charge in [-0.2, -0.15) is 0 Å². The number of carbonyl (C=O) groups is 3. The molecule has 186 valence electrons. The van der Waals surface area contributed by atoms with Gasteiger partial charge in [-0.15, -0.1) is 0 Å². The quantitative estimate of drug-likeness (QED) is 0.435. The molecule has 0 saturated heterocycles. The zero-order chi connectivity index (χ0) is 24.1. The Hall–Kier alpha value is -1.59. The summed E-state index contributed by atoms with van der Waals surface area (Å²) in [5.74, 6) is 1.43. The van der Waals surface area contributed by atoms with E-state index in [1.807, 2.05) is 6.92 Å². The van der Waals surface area contributed by atoms with E-state index in [1.54, 1.807) is 0 Å². The van der Waals surface area contributed by atoms with Gasteiger partial charge >= 0.3 is 17.9 Å². The number of methoxy groups -OCH3 is 1. The summed E-state index contributed by atoms with van der Waals surface area (Å²) in [5.41, 5.74) is -0.0378. The lowest BCUT2D eigenvalue weighted by Gasteiger charge is -2.62. The highest BCUT2D eigenvalue weighted by Crippen LogP contribution is 2.68. The minimum absolute atomic E-state index is 0.0343. The molecular weight excluding hydrogens is 420 g/mol.